The van der Waals surface area contributed by atoms with Crippen LogP contribution in [0, 0.1) is 0 Å². The zero-order valence-corrected chi connectivity index (χ0v) is 12.4. The highest BCUT2D eigenvalue weighted by molar-refractivity contribution is 5.75. The minimum atomic E-state index is -0.222. The van der Waals surface area contributed by atoms with Crippen LogP contribution < -0.4 is 10.2 Å². The van der Waals surface area contributed by atoms with Crippen molar-refractivity contribution >= 4 is 17.3 Å². The largest absolute Gasteiger partial charge is 0.462 e. The second kappa shape index (κ2) is 7.17. The summed E-state index contributed by atoms with van der Waals surface area (Å²) in [4.78, 5) is 13.9. The number of ether oxygens (including phenoxy) is 1. The highest BCUT2D eigenvalue weighted by Crippen LogP contribution is 2.21. The molecule has 1 fully saturated rings. The number of benzene rings is 1. The van der Waals surface area contributed by atoms with Gasteiger partial charge >= 0.3 is 5.97 Å². The molecule has 0 bridgehead atoms. The van der Waals surface area contributed by atoms with Crippen molar-refractivity contribution in [1.29, 1.82) is 0 Å². The molecule has 4 nitrogen and oxygen atoms in total. The Hall–Kier alpha value is -1.71. The van der Waals surface area contributed by atoms with Crippen LogP contribution in [-0.4, -0.2) is 31.7 Å². The van der Waals surface area contributed by atoms with Crippen LogP contribution in [0.15, 0.2) is 24.3 Å². The van der Waals surface area contributed by atoms with E-state index in [2.05, 4.69) is 22.3 Å². The average Bonchev–Trinajstić information content (AvgIpc) is 2.46. The van der Waals surface area contributed by atoms with E-state index < -0.39 is 0 Å². The van der Waals surface area contributed by atoms with Gasteiger partial charge in [-0.05, 0) is 57.4 Å². The number of hydrogen-bond acceptors (Lipinski definition) is 4. The molecule has 0 aromatic heterocycles. The molecule has 1 aromatic carbocycles. The lowest BCUT2D eigenvalue weighted by molar-refractivity contribution is -0.145. The third-order valence-corrected chi connectivity index (χ3v) is 3.39. The van der Waals surface area contributed by atoms with E-state index in [1.54, 1.807) is 0 Å². The van der Waals surface area contributed by atoms with Gasteiger partial charge in [-0.3, -0.25) is 4.79 Å². The summed E-state index contributed by atoms with van der Waals surface area (Å²) in [5.41, 5.74) is 2.21. The summed E-state index contributed by atoms with van der Waals surface area (Å²) in [6.07, 6.45) is 3.83. The molecular weight excluding hydrogens is 252 g/mol. The predicted molar refractivity (Wildman–Crippen MR) is 82.2 cm³/mol. The molecule has 2 rings (SSSR count). The van der Waals surface area contributed by atoms with Crippen LogP contribution in [0.25, 0.3) is 0 Å². The molecule has 0 saturated carbocycles. The van der Waals surface area contributed by atoms with Crippen LogP contribution in [0.3, 0.4) is 0 Å². The smallest absolute Gasteiger partial charge is 0.325 e. The van der Waals surface area contributed by atoms with Crippen LogP contribution in [0.4, 0.5) is 11.4 Å². The maximum absolute atomic E-state index is 11.4. The van der Waals surface area contributed by atoms with E-state index in [9.17, 15) is 4.79 Å². The van der Waals surface area contributed by atoms with Crippen LogP contribution in [0.2, 0.25) is 0 Å². The maximum Gasteiger partial charge on any atom is 0.325 e. The van der Waals surface area contributed by atoms with Crippen molar-refractivity contribution in [2.24, 2.45) is 0 Å². The topological polar surface area (TPSA) is 41.6 Å². The van der Waals surface area contributed by atoms with Gasteiger partial charge in [0.1, 0.15) is 6.54 Å². The Kier molecular flexibility index (Phi) is 5.27. The van der Waals surface area contributed by atoms with Crippen molar-refractivity contribution in [3.63, 3.8) is 0 Å². The highest BCUT2D eigenvalue weighted by Gasteiger charge is 2.10. The minimum absolute atomic E-state index is 0.0641. The van der Waals surface area contributed by atoms with Gasteiger partial charge in [-0.15, -0.1) is 0 Å². The lowest BCUT2D eigenvalue weighted by Crippen LogP contribution is -2.29. The van der Waals surface area contributed by atoms with Gasteiger partial charge in [0.25, 0.3) is 0 Å². The first kappa shape index (κ1) is 14.7. The highest BCUT2D eigenvalue weighted by atomic mass is 16.5. The molecule has 0 aliphatic carbocycles. The van der Waals surface area contributed by atoms with Gasteiger partial charge < -0.3 is 15.0 Å². The van der Waals surface area contributed by atoms with E-state index in [-0.39, 0.29) is 18.6 Å². The first-order chi connectivity index (χ1) is 9.65. The molecule has 0 unspecified atom stereocenters. The maximum atomic E-state index is 11.4. The van der Waals surface area contributed by atoms with Crippen molar-refractivity contribution in [2.75, 3.05) is 29.9 Å². The fraction of sp³-hybridized carbons (Fsp3) is 0.562. The Labute approximate surface area is 121 Å². The van der Waals surface area contributed by atoms with E-state index in [4.69, 9.17) is 4.74 Å². The van der Waals surface area contributed by atoms with Crippen molar-refractivity contribution in [3.05, 3.63) is 24.3 Å². The monoisotopic (exact) mass is 276 g/mol. The number of rotatable bonds is 5. The second-order valence-electron chi connectivity index (χ2n) is 5.49. The first-order valence-electron chi connectivity index (χ1n) is 7.43. The Morgan fingerprint density at radius 1 is 1.20 bits per heavy atom. The van der Waals surface area contributed by atoms with Crippen molar-refractivity contribution in [2.45, 2.75) is 39.2 Å². The van der Waals surface area contributed by atoms with E-state index in [0.29, 0.717) is 0 Å². The Balaban J connectivity index is 1.83. The predicted octanol–water partition coefficient (Wildman–Crippen LogP) is 3.04. The fourth-order valence-electron chi connectivity index (χ4n) is 2.42. The van der Waals surface area contributed by atoms with Crippen LogP contribution in [0.1, 0.15) is 33.1 Å². The summed E-state index contributed by atoms with van der Waals surface area (Å²) in [6.45, 7) is 6.21. The molecule has 0 atom stereocenters. The summed E-state index contributed by atoms with van der Waals surface area (Å²) in [7, 11) is 0. The number of carbonyl (C=O) groups is 1. The quantitative estimate of drug-likeness (QED) is 0.839. The van der Waals surface area contributed by atoms with Crippen LogP contribution in [0.5, 0.6) is 0 Å². The van der Waals surface area contributed by atoms with Gasteiger partial charge in [-0.25, -0.2) is 0 Å². The summed E-state index contributed by atoms with van der Waals surface area (Å²) >= 11 is 0. The molecule has 1 aliphatic rings. The number of nitrogens with one attached hydrogen (secondary N) is 1. The summed E-state index contributed by atoms with van der Waals surface area (Å²) in [5, 5.41) is 3.09. The molecule has 1 N–H and O–H groups in total. The standard InChI is InChI=1S/C16H24N2O2/c1-13(2)20-16(19)12-17-14-6-8-15(9-7-14)18-10-4-3-5-11-18/h6-9,13,17H,3-5,10-12H2,1-2H3. The van der Waals surface area contributed by atoms with Gasteiger partial charge in [0, 0.05) is 24.5 Å². The Morgan fingerprint density at radius 3 is 2.45 bits per heavy atom. The van der Waals surface area contributed by atoms with Crippen LogP contribution >= 0.6 is 0 Å². The number of carbonyl (C=O) groups excluding carboxylic acids is 1. The van der Waals surface area contributed by atoms with E-state index >= 15 is 0 Å². The van der Waals surface area contributed by atoms with E-state index in [0.717, 1.165) is 18.8 Å². The molecule has 1 heterocycles. The summed E-state index contributed by atoms with van der Waals surface area (Å²) in [5.74, 6) is -0.222. The molecule has 4 heteroatoms. The average molecular weight is 276 g/mol. The molecule has 0 amide bonds. The van der Waals surface area contributed by atoms with Gasteiger partial charge in [0.15, 0.2) is 0 Å². The SMILES string of the molecule is CC(C)OC(=O)CNc1ccc(N2CCCCC2)cc1. The lowest BCUT2D eigenvalue weighted by atomic mass is 10.1. The molecule has 0 spiro atoms. The van der Waals surface area contributed by atoms with Crippen molar-refractivity contribution in [1.82, 2.24) is 0 Å². The summed E-state index contributed by atoms with van der Waals surface area (Å²) < 4.78 is 5.08. The number of esters is 1. The zero-order valence-electron chi connectivity index (χ0n) is 12.4. The van der Waals surface area contributed by atoms with E-state index in [1.165, 1.54) is 24.9 Å². The lowest BCUT2D eigenvalue weighted by Gasteiger charge is -2.28. The molecule has 110 valence electrons. The molecule has 20 heavy (non-hydrogen) atoms. The third kappa shape index (κ3) is 4.44. The third-order valence-electron chi connectivity index (χ3n) is 3.39. The first-order valence-corrected chi connectivity index (χ1v) is 7.43. The van der Waals surface area contributed by atoms with Gasteiger partial charge in [0.05, 0.1) is 6.10 Å². The Bertz CT molecular complexity index is 423. The molecular formula is C16H24N2O2. The van der Waals surface area contributed by atoms with Crippen LogP contribution in [-0.2, 0) is 9.53 Å². The molecule has 1 aromatic rings. The normalized spacial score (nSPS) is 15.2. The summed E-state index contributed by atoms with van der Waals surface area (Å²) in [6, 6.07) is 8.27. The fourth-order valence-corrected chi connectivity index (χ4v) is 2.42. The second-order valence-corrected chi connectivity index (χ2v) is 5.49. The van der Waals surface area contributed by atoms with Gasteiger partial charge in [-0.2, -0.15) is 0 Å². The number of anilines is 2. The molecule has 1 saturated heterocycles. The van der Waals surface area contributed by atoms with Crippen molar-refractivity contribution < 1.29 is 9.53 Å². The molecule has 1 aliphatic heterocycles. The Morgan fingerprint density at radius 2 is 1.85 bits per heavy atom. The number of piperidine rings is 1. The zero-order chi connectivity index (χ0) is 14.4. The van der Waals surface area contributed by atoms with Gasteiger partial charge in [0.2, 0.25) is 0 Å². The number of hydrogen-bond donors (Lipinski definition) is 1. The van der Waals surface area contributed by atoms with E-state index in [1.807, 2.05) is 26.0 Å². The molecule has 0 radical (unpaired) electrons. The number of nitrogens with zero attached hydrogens (tertiary/aromatic N) is 1. The van der Waals surface area contributed by atoms with Gasteiger partial charge in [-0.1, -0.05) is 0 Å². The minimum Gasteiger partial charge on any atom is -0.462 e. The van der Waals surface area contributed by atoms with Crippen molar-refractivity contribution in [3.8, 4) is 0 Å².